The highest BCUT2D eigenvalue weighted by atomic mass is 32.1. The molecule has 0 bridgehead atoms. The summed E-state index contributed by atoms with van der Waals surface area (Å²) >= 11 is 1.86. The number of anilines is 3. The van der Waals surface area contributed by atoms with E-state index in [2.05, 4.69) is 170 Å². The van der Waals surface area contributed by atoms with E-state index in [1.54, 1.807) is 0 Å². The highest BCUT2D eigenvalue weighted by Crippen LogP contribution is 2.51. The van der Waals surface area contributed by atoms with E-state index in [4.69, 9.17) is 4.42 Å². The zero-order chi connectivity index (χ0) is 34.6. The van der Waals surface area contributed by atoms with Gasteiger partial charge in [-0.05, 0) is 111 Å². The molecule has 11 rings (SSSR count). The lowest BCUT2D eigenvalue weighted by atomic mass is 9.82. The summed E-state index contributed by atoms with van der Waals surface area (Å²) in [5.74, 6) is 0. The first-order valence-electron chi connectivity index (χ1n) is 17.9. The number of hydrogen-bond donors (Lipinski definition) is 0. The van der Waals surface area contributed by atoms with E-state index in [0.717, 1.165) is 39.0 Å². The minimum atomic E-state index is -0.0438. The molecule has 0 spiro atoms. The predicted octanol–water partition coefficient (Wildman–Crippen LogP) is 14.6. The molecule has 1 aliphatic carbocycles. The van der Waals surface area contributed by atoms with Gasteiger partial charge in [-0.1, -0.05) is 111 Å². The van der Waals surface area contributed by atoms with Crippen molar-refractivity contribution < 1.29 is 4.42 Å². The maximum absolute atomic E-state index is 6.31. The predicted molar refractivity (Wildman–Crippen MR) is 222 cm³/mol. The number of thiophene rings is 1. The van der Waals surface area contributed by atoms with Gasteiger partial charge in [0.1, 0.15) is 11.2 Å². The Bertz CT molecular complexity index is 3050. The average Bonchev–Trinajstić information content (AvgIpc) is 3.81. The number of para-hydroxylation sites is 1. The summed E-state index contributed by atoms with van der Waals surface area (Å²) in [4.78, 5) is 2.42. The van der Waals surface area contributed by atoms with Crippen LogP contribution in [0.2, 0.25) is 0 Å². The van der Waals surface area contributed by atoms with Crippen molar-refractivity contribution in [2.24, 2.45) is 0 Å². The molecule has 2 heterocycles. The zero-order valence-electron chi connectivity index (χ0n) is 28.9. The van der Waals surface area contributed by atoms with Gasteiger partial charge in [0.05, 0.1) is 0 Å². The third-order valence-corrected chi connectivity index (χ3v) is 12.4. The van der Waals surface area contributed by atoms with Crippen molar-refractivity contribution in [2.45, 2.75) is 19.3 Å². The lowest BCUT2D eigenvalue weighted by Crippen LogP contribution is -2.15. The maximum Gasteiger partial charge on any atom is 0.136 e. The van der Waals surface area contributed by atoms with E-state index in [1.165, 1.54) is 64.3 Å². The molecule has 2 aromatic heterocycles. The number of fused-ring (bicyclic) bond motifs is 10. The molecule has 0 saturated heterocycles. The molecule has 0 radical (unpaired) electrons. The van der Waals surface area contributed by atoms with Crippen molar-refractivity contribution in [3.8, 4) is 22.3 Å². The Morgan fingerprint density at radius 3 is 2.04 bits per heavy atom. The van der Waals surface area contributed by atoms with Crippen LogP contribution < -0.4 is 4.90 Å². The number of benzene rings is 8. The Kier molecular flexibility index (Phi) is 6.21. The fraction of sp³-hybridized carbons (Fsp3) is 0.0612. The molecule has 0 N–H and O–H groups in total. The smallest absolute Gasteiger partial charge is 0.136 e. The van der Waals surface area contributed by atoms with Crippen LogP contribution in [0.3, 0.4) is 0 Å². The van der Waals surface area contributed by atoms with Gasteiger partial charge in [0, 0.05) is 53.4 Å². The largest absolute Gasteiger partial charge is 0.456 e. The van der Waals surface area contributed by atoms with Gasteiger partial charge < -0.3 is 9.32 Å². The van der Waals surface area contributed by atoms with Crippen molar-refractivity contribution in [3.05, 3.63) is 175 Å². The minimum Gasteiger partial charge on any atom is -0.456 e. The third kappa shape index (κ3) is 4.30. The summed E-state index contributed by atoms with van der Waals surface area (Å²) in [6, 6.07) is 60.1. The second kappa shape index (κ2) is 10.9. The number of nitrogens with zero attached hydrogens (tertiary/aromatic N) is 1. The summed E-state index contributed by atoms with van der Waals surface area (Å²) < 4.78 is 8.93. The van der Waals surface area contributed by atoms with Crippen LogP contribution in [0.25, 0.3) is 75.1 Å². The van der Waals surface area contributed by atoms with Crippen molar-refractivity contribution in [2.75, 3.05) is 4.90 Å². The minimum absolute atomic E-state index is 0.0438. The molecular formula is C49H33NOS. The molecule has 0 amide bonds. The van der Waals surface area contributed by atoms with E-state index < -0.39 is 0 Å². The van der Waals surface area contributed by atoms with Crippen LogP contribution in [0, 0.1) is 0 Å². The van der Waals surface area contributed by atoms with Crippen molar-refractivity contribution in [1.29, 1.82) is 0 Å². The number of rotatable bonds is 4. The summed E-state index contributed by atoms with van der Waals surface area (Å²) in [6.07, 6.45) is 0. The highest BCUT2D eigenvalue weighted by molar-refractivity contribution is 7.25. The molecule has 0 atom stereocenters. The molecule has 2 nitrogen and oxygen atoms in total. The Labute approximate surface area is 305 Å². The van der Waals surface area contributed by atoms with Crippen LogP contribution in [0.5, 0.6) is 0 Å². The second-order valence-electron chi connectivity index (χ2n) is 14.5. The first-order chi connectivity index (χ1) is 25.5. The summed E-state index contributed by atoms with van der Waals surface area (Å²) in [6.45, 7) is 4.69. The molecule has 8 aromatic carbocycles. The third-order valence-electron chi connectivity index (χ3n) is 11.3. The van der Waals surface area contributed by atoms with E-state index in [9.17, 15) is 0 Å². The topological polar surface area (TPSA) is 16.4 Å². The Morgan fingerprint density at radius 1 is 0.442 bits per heavy atom. The van der Waals surface area contributed by atoms with Crippen LogP contribution in [-0.2, 0) is 5.41 Å². The van der Waals surface area contributed by atoms with E-state index in [-0.39, 0.29) is 5.41 Å². The number of hydrogen-bond acceptors (Lipinski definition) is 3. The highest BCUT2D eigenvalue weighted by Gasteiger charge is 2.35. The molecule has 52 heavy (non-hydrogen) atoms. The van der Waals surface area contributed by atoms with Gasteiger partial charge in [-0.25, -0.2) is 0 Å². The monoisotopic (exact) mass is 683 g/mol. The van der Waals surface area contributed by atoms with Crippen molar-refractivity contribution in [3.63, 3.8) is 0 Å². The Balaban J connectivity index is 1.07. The lowest BCUT2D eigenvalue weighted by Gasteiger charge is -2.27. The first kappa shape index (κ1) is 29.6. The molecule has 3 heteroatoms. The number of furan rings is 1. The lowest BCUT2D eigenvalue weighted by molar-refractivity contribution is 0.660. The fourth-order valence-electron chi connectivity index (χ4n) is 8.69. The Morgan fingerprint density at radius 2 is 1.13 bits per heavy atom. The first-order valence-corrected chi connectivity index (χ1v) is 18.7. The molecular weight excluding hydrogens is 651 g/mol. The fourth-order valence-corrected chi connectivity index (χ4v) is 9.77. The summed E-state index contributed by atoms with van der Waals surface area (Å²) in [5.41, 5.74) is 13.0. The van der Waals surface area contributed by atoms with Crippen LogP contribution in [0.4, 0.5) is 17.1 Å². The normalized spacial score (nSPS) is 13.3. The maximum atomic E-state index is 6.31. The van der Waals surface area contributed by atoms with E-state index in [0.29, 0.717) is 0 Å². The van der Waals surface area contributed by atoms with Gasteiger partial charge in [-0.3, -0.25) is 0 Å². The summed E-state index contributed by atoms with van der Waals surface area (Å²) in [5, 5.41) is 7.30. The molecule has 10 aromatic rings. The quantitative estimate of drug-likeness (QED) is 0.184. The van der Waals surface area contributed by atoms with Gasteiger partial charge in [0.2, 0.25) is 0 Å². The zero-order valence-corrected chi connectivity index (χ0v) is 29.7. The van der Waals surface area contributed by atoms with Crippen LogP contribution in [0.15, 0.2) is 168 Å². The van der Waals surface area contributed by atoms with E-state index >= 15 is 0 Å². The van der Waals surface area contributed by atoms with Crippen molar-refractivity contribution in [1.82, 2.24) is 0 Å². The molecule has 0 unspecified atom stereocenters. The molecule has 0 fully saturated rings. The van der Waals surface area contributed by atoms with Gasteiger partial charge >= 0.3 is 0 Å². The van der Waals surface area contributed by atoms with Gasteiger partial charge in [0.15, 0.2) is 0 Å². The second-order valence-corrected chi connectivity index (χ2v) is 15.6. The molecule has 246 valence electrons. The molecule has 1 aliphatic rings. The van der Waals surface area contributed by atoms with Crippen LogP contribution >= 0.6 is 11.3 Å². The SMILES string of the molecule is CC1(C)c2ccccc2-c2cc(N(c3ccc(-c4cccc5cc6c(cc45)oc4ccccc46)cc3)c3ccc4sc5ccccc5c4c3)ccc21. The Hall–Kier alpha value is -6.16. The van der Waals surface area contributed by atoms with Crippen LogP contribution in [0.1, 0.15) is 25.0 Å². The standard InChI is InChI=1S/C49H33NOS/c1-49(2)43-15-6-3-11-36(43)40-27-33(22-24-44(40)49)50(34-23-25-48-42(28-34)38-13-5-8-17-47(38)52-48)32-20-18-30(19-21-32)35-14-9-10-31-26-41-37-12-4-7-16-45(37)51-46(41)29-39(31)35/h3-29H,1-2H3. The van der Waals surface area contributed by atoms with Gasteiger partial charge in [0.25, 0.3) is 0 Å². The molecule has 0 aliphatic heterocycles. The van der Waals surface area contributed by atoms with Gasteiger partial charge in [-0.15, -0.1) is 11.3 Å². The van der Waals surface area contributed by atoms with E-state index in [1.807, 2.05) is 23.5 Å². The summed E-state index contributed by atoms with van der Waals surface area (Å²) in [7, 11) is 0. The molecule has 0 saturated carbocycles. The van der Waals surface area contributed by atoms with Gasteiger partial charge in [-0.2, -0.15) is 0 Å². The van der Waals surface area contributed by atoms with Crippen molar-refractivity contribution >= 4 is 81.3 Å². The average molecular weight is 684 g/mol. The van der Waals surface area contributed by atoms with Crippen LogP contribution in [-0.4, -0.2) is 0 Å².